The van der Waals surface area contributed by atoms with E-state index >= 15 is 4.79 Å². The fourth-order valence-corrected chi connectivity index (χ4v) is 9.25. The molecule has 0 aliphatic carbocycles. The summed E-state index contributed by atoms with van der Waals surface area (Å²) in [6.07, 6.45) is 2.94. The third-order valence-electron chi connectivity index (χ3n) is 10.6. The molecule has 5 heterocycles. The predicted octanol–water partition coefficient (Wildman–Crippen LogP) is 2.15. The third-order valence-corrected chi connectivity index (χ3v) is 12.3. The second-order valence-electron chi connectivity index (χ2n) is 13.2. The van der Waals surface area contributed by atoms with E-state index in [1.54, 1.807) is 17.0 Å². The number of likely N-dealkylation sites (tertiary alicyclic amines) is 1. The zero-order valence-corrected chi connectivity index (χ0v) is 30.1. The number of carbonyl (C=O) groups excluding carboxylic acids is 2. The van der Waals surface area contributed by atoms with E-state index in [0.717, 1.165) is 52.2 Å². The molecule has 0 bridgehead atoms. The van der Waals surface area contributed by atoms with Crippen molar-refractivity contribution in [1.82, 2.24) is 25.0 Å². The number of ether oxygens (including phenoxy) is 4. The second-order valence-corrected chi connectivity index (χ2v) is 14.9. The molecule has 4 aliphatic rings. The van der Waals surface area contributed by atoms with Crippen molar-refractivity contribution >= 4 is 27.6 Å². The number of aromatic nitrogens is 1. The number of benzene rings is 2. The lowest BCUT2D eigenvalue weighted by molar-refractivity contribution is -0.121. The molecule has 0 unspecified atom stereocenters. The molecular formula is C36H41N7O8S. The quantitative estimate of drug-likeness (QED) is 0.341. The summed E-state index contributed by atoms with van der Waals surface area (Å²) in [5, 5.41) is 12.9. The van der Waals surface area contributed by atoms with Crippen molar-refractivity contribution < 1.29 is 37.0 Å². The van der Waals surface area contributed by atoms with Crippen molar-refractivity contribution in [2.45, 2.75) is 35.4 Å². The first-order chi connectivity index (χ1) is 25.2. The molecule has 4 aliphatic heterocycles. The molecule has 3 fully saturated rings. The van der Waals surface area contributed by atoms with Gasteiger partial charge in [0.1, 0.15) is 16.4 Å². The second kappa shape index (κ2) is 14.2. The summed E-state index contributed by atoms with van der Waals surface area (Å²) in [4.78, 5) is 40.1. The largest absolute Gasteiger partial charge is 0.497 e. The topological polar surface area (TPSA) is 167 Å². The Balaban J connectivity index is 1.24. The number of urea groups is 1. The van der Waals surface area contributed by atoms with Gasteiger partial charge in [0.25, 0.3) is 15.9 Å². The van der Waals surface area contributed by atoms with Gasteiger partial charge in [0.15, 0.2) is 5.54 Å². The predicted molar refractivity (Wildman–Crippen MR) is 188 cm³/mol. The molecule has 2 aromatic carbocycles. The molecule has 3 saturated heterocycles. The third kappa shape index (κ3) is 5.97. The average molecular weight is 732 g/mol. The van der Waals surface area contributed by atoms with E-state index < -0.39 is 27.5 Å². The van der Waals surface area contributed by atoms with Crippen LogP contribution in [-0.4, -0.2) is 126 Å². The van der Waals surface area contributed by atoms with Crippen molar-refractivity contribution in [3.05, 3.63) is 71.4 Å². The number of hydrogen-bond donors (Lipinski definition) is 1. The highest BCUT2D eigenvalue weighted by Crippen LogP contribution is 2.50. The number of anilines is 1. The average Bonchev–Trinajstić information content (AvgIpc) is 3.41. The molecule has 52 heavy (non-hydrogen) atoms. The minimum atomic E-state index is -4.70. The van der Waals surface area contributed by atoms with Crippen molar-refractivity contribution in [2.75, 3.05) is 78.1 Å². The van der Waals surface area contributed by atoms with Crippen LogP contribution in [0.5, 0.6) is 17.4 Å². The maximum atomic E-state index is 15.1. The van der Waals surface area contributed by atoms with Gasteiger partial charge in [0.05, 0.1) is 63.5 Å². The number of piperidine rings is 1. The van der Waals surface area contributed by atoms with Gasteiger partial charge in [-0.25, -0.2) is 18.2 Å². The monoisotopic (exact) mass is 731 g/mol. The molecule has 1 atom stereocenters. The molecular weight excluding hydrogens is 691 g/mol. The van der Waals surface area contributed by atoms with Crippen molar-refractivity contribution in [1.29, 1.82) is 5.26 Å². The normalized spacial score (nSPS) is 21.6. The van der Waals surface area contributed by atoms with Gasteiger partial charge in [0, 0.05) is 63.1 Å². The first kappa shape index (κ1) is 35.5. The number of methoxy groups -OCH3 is 3. The number of amides is 3. The van der Waals surface area contributed by atoms with Crippen LogP contribution in [0.25, 0.3) is 0 Å². The van der Waals surface area contributed by atoms with E-state index in [0.29, 0.717) is 35.2 Å². The summed E-state index contributed by atoms with van der Waals surface area (Å²) < 4.78 is 51.5. The summed E-state index contributed by atoms with van der Waals surface area (Å²) in [5.41, 5.74) is -1.85. The smallest absolute Gasteiger partial charge is 0.318 e. The van der Waals surface area contributed by atoms with Crippen LogP contribution in [0.1, 0.15) is 29.5 Å². The van der Waals surface area contributed by atoms with Gasteiger partial charge < -0.3 is 29.2 Å². The number of fused-ring (bicyclic) bond motifs is 1. The van der Waals surface area contributed by atoms with Crippen molar-refractivity contribution in [2.24, 2.45) is 0 Å². The van der Waals surface area contributed by atoms with Crippen molar-refractivity contribution in [3.63, 3.8) is 0 Å². The zero-order chi connectivity index (χ0) is 36.6. The van der Waals surface area contributed by atoms with E-state index in [-0.39, 0.29) is 38.9 Å². The lowest BCUT2D eigenvalue weighted by atomic mass is 9.83. The Hall–Kier alpha value is -4.95. The number of rotatable bonds is 9. The number of carbonyl (C=O) groups is 2. The molecule has 3 amide bonds. The first-order valence-electron chi connectivity index (χ1n) is 17.1. The van der Waals surface area contributed by atoms with Crippen LogP contribution in [0, 0.1) is 11.3 Å². The SMILES string of the molecule is COc1ccc(S(=O)(=O)N2C(=O)[C@@](NC(=O)N3CCC(N4CCN(C5COC5)CC4)CC3)(c3cccnc3OC)c3cc(C#N)ccc32)c(OC)c1. The highest BCUT2D eigenvalue weighted by atomic mass is 32.2. The fraction of sp³-hybridized carbons (Fsp3) is 0.444. The maximum absolute atomic E-state index is 15.1. The zero-order valence-electron chi connectivity index (χ0n) is 29.3. The highest BCUT2D eigenvalue weighted by Gasteiger charge is 2.59. The Kier molecular flexibility index (Phi) is 9.70. The van der Waals surface area contributed by atoms with Crippen LogP contribution < -0.4 is 23.8 Å². The minimum absolute atomic E-state index is 0.00273. The maximum Gasteiger partial charge on any atom is 0.318 e. The summed E-state index contributed by atoms with van der Waals surface area (Å²) in [6, 6.07) is 13.8. The standard InChI is InChI=1S/C36H41N7O8S/c1-48-27-7-9-32(31(20-27)49-2)52(46,47)43-30-8-6-24(21-37)19-29(30)36(34(43)44,28-5-4-12-38-33(28)50-3)39-35(45)42-13-10-25(11-14-42)40-15-17-41(18-16-40)26-22-51-23-26/h4-9,12,19-20,25-26H,10-11,13-18,22-23H2,1-3H3,(H,39,45)/t36-/m1/s1. The summed E-state index contributed by atoms with van der Waals surface area (Å²) >= 11 is 0. The van der Waals surface area contributed by atoms with Crippen LogP contribution in [-0.2, 0) is 25.1 Å². The van der Waals surface area contributed by atoms with Crippen LogP contribution in [0.3, 0.4) is 0 Å². The van der Waals surface area contributed by atoms with Gasteiger partial charge in [-0.05, 0) is 55.3 Å². The number of hydrogen-bond acceptors (Lipinski definition) is 12. The van der Waals surface area contributed by atoms with E-state index in [1.165, 1.54) is 63.9 Å². The molecule has 1 aromatic heterocycles. The van der Waals surface area contributed by atoms with Gasteiger partial charge in [-0.2, -0.15) is 9.57 Å². The number of nitriles is 1. The summed E-state index contributed by atoms with van der Waals surface area (Å²) in [5.74, 6) is -0.708. The van der Waals surface area contributed by atoms with E-state index in [2.05, 4.69) is 26.2 Å². The minimum Gasteiger partial charge on any atom is -0.497 e. The molecule has 16 heteroatoms. The van der Waals surface area contributed by atoms with E-state index in [9.17, 15) is 18.5 Å². The number of pyridine rings is 1. The van der Waals surface area contributed by atoms with Gasteiger partial charge in [-0.3, -0.25) is 14.6 Å². The number of piperazine rings is 1. The number of sulfonamides is 1. The Morgan fingerprint density at radius 3 is 2.25 bits per heavy atom. The Morgan fingerprint density at radius 2 is 1.63 bits per heavy atom. The Morgan fingerprint density at radius 1 is 0.923 bits per heavy atom. The summed E-state index contributed by atoms with van der Waals surface area (Å²) in [7, 11) is -0.582. The molecule has 7 rings (SSSR count). The van der Waals surface area contributed by atoms with E-state index in [1.807, 2.05) is 0 Å². The van der Waals surface area contributed by atoms with Crippen LogP contribution in [0.4, 0.5) is 10.5 Å². The van der Waals surface area contributed by atoms with Crippen LogP contribution >= 0.6 is 0 Å². The molecule has 1 N–H and O–H groups in total. The Labute approximate surface area is 302 Å². The highest BCUT2D eigenvalue weighted by molar-refractivity contribution is 7.93. The number of nitrogens with one attached hydrogen (secondary N) is 1. The molecule has 15 nitrogen and oxygen atoms in total. The van der Waals surface area contributed by atoms with Crippen molar-refractivity contribution in [3.8, 4) is 23.4 Å². The first-order valence-corrected chi connectivity index (χ1v) is 18.6. The van der Waals surface area contributed by atoms with Gasteiger partial charge >= 0.3 is 6.03 Å². The molecule has 0 radical (unpaired) electrons. The summed E-state index contributed by atoms with van der Waals surface area (Å²) in [6.45, 7) is 6.32. The van der Waals surface area contributed by atoms with Gasteiger partial charge in [0.2, 0.25) is 5.88 Å². The van der Waals surface area contributed by atoms with Crippen LogP contribution in [0.2, 0.25) is 0 Å². The molecule has 0 saturated carbocycles. The fourth-order valence-electron chi connectivity index (χ4n) is 7.65. The lowest BCUT2D eigenvalue weighted by Crippen LogP contribution is -2.61. The molecule has 274 valence electrons. The van der Waals surface area contributed by atoms with E-state index in [4.69, 9.17) is 18.9 Å². The van der Waals surface area contributed by atoms with Crippen LogP contribution in [0.15, 0.2) is 59.6 Å². The van der Waals surface area contributed by atoms with Gasteiger partial charge in [-0.15, -0.1) is 0 Å². The number of nitrogens with zero attached hydrogens (tertiary/aromatic N) is 6. The lowest BCUT2D eigenvalue weighted by Gasteiger charge is -2.46. The molecule has 3 aromatic rings. The van der Waals surface area contributed by atoms with Gasteiger partial charge in [-0.1, -0.05) is 0 Å². The molecule has 0 spiro atoms. The Bertz CT molecular complexity index is 2000.